The predicted molar refractivity (Wildman–Crippen MR) is 80.9 cm³/mol. The second kappa shape index (κ2) is 7.68. The van der Waals surface area contributed by atoms with Crippen molar-refractivity contribution in [3.05, 3.63) is 35.6 Å². The molecule has 23 heavy (non-hydrogen) atoms. The number of hydrogen-bond donors (Lipinski definition) is 2. The molecule has 0 atom stereocenters. The van der Waals surface area contributed by atoms with E-state index in [1.54, 1.807) is 17.0 Å². The van der Waals surface area contributed by atoms with E-state index in [1.165, 1.54) is 12.1 Å². The fourth-order valence-electron chi connectivity index (χ4n) is 2.42. The van der Waals surface area contributed by atoms with Gasteiger partial charge in [0.05, 0.1) is 13.0 Å². The quantitative estimate of drug-likeness (QED) is 0.796. The lowest BCUT2D eigenvalue weighted by molar-refractivity contribution is -0.132. The van der Waals surface area contributed by atoms with E-state index in [2.05, 4.69) is 0 Å². The van der Waals surface area contributed by atoms with Crippen molar-refractivity contribution in [3.63, 3.8) is 0 Å². The zero-order chi connectivity index (χ0) is 16.8. The Hall–Kier alpha value is -2.48. The van der Waals surface area contributed by atoms with E-state index >= 15 is 0 Å². The SMILES string of the molecule is NC(=O)NC(=O)CN1CCN(C(=O)Cc2ccc(F)cc2)CC1. The number of benzene rings is 1. The van der Waals surface area contributed by atoms with E-state index in [0.29, 0.717) is 26.2 Å². The molecule has 0 aliphatic carbocycles. The van der Waals surface area contributed by atoms with Crippen molar-refractivity contribution in [1.29, 1.82) is 0 Å². The summed E-state index contributed by atoms with van der Waals surface area (Å²) in [4.78, 5) is 37.8. The summed E-state index contributed by atoms with van der Waals surface area (Å²) in [7, 11) is 0. The highest BCUT2D eigenvalue weighted by molar-refractivity contribution is 5.94. The highest BCUT2D eigenvalue weighted by Gasteiger charge is 2.22. The molecule has 0 radical (unpaired) electrons. The molecule has 8 heteroatoms. The van der Waals surface area contributed by atoms with Gasteiger partial charge in [0.2, 0.25) is 11.8 Å². The second-order valence-electron chi connectivity index (χ2n) is 5.37. The first-order valence-corrected chi connectivity index (χ1v) is 7.28. The molecule has 1 aliphatic rings. The number of nitrogens with two attached hydrogens (primary N) is 1. The van der Waals surface area contributed by atoms with Crippen LogP contribution in [0.15, 0.2) is 24.3 Å². The number of nitrogens with one attached hydrogen (secondary N) is 1. The molecule has 1 aliphatic heterocycles. The van der Waals surface area contributed by atoms with Gasteiger partial charge in [0, 0.05) is 26.2 Å². The molecule has 1 heterocycles. The molecule has 4 amide bonds. The molecule has 0 aromatic heterocycles. The minimum atomic E-state index is -0.872. The summed E-state index contributed by atoms with van der Waals surface area (Å²) in [6.07, 6.45) is 0.225. The molecule has 1 fully saturated rings. The molecular weight excluding hydrogens is 303 g/mol. The standard InChI is InChI=1S/C15H19FN4O3/c16-12-3-1-11(2-4-12)9-14(22)20-7-5-19(6-8-20)10-13(21)18-15(17)23/h1-4H,5-10H2,(H3,17,18,21,23). The van der Waals surface area contributed by atoms with E-state index in [9.17, 15) is 18.8 Å². The number of carbonyl (C=O) groups is 3. The Morgan fingerprint density at radius 1 is 1.09 bits per heavy atom. The third-order valence-electron chi connectivity index (χ3n) is 3.62. The van der Waals surface area contributed by atoms with Gasteiger partial charge in [-0.1, -0.05) is 12.1 Å². The molecule has 1 saturated heterocycles. The van der Waals surface area contributed by atoms with E-state index in [-0.39, 0.29) is 24.7 Å². The van der Waals surface area contributed by atoms with Gasteiger partial charge in [0.15, 0.2) is 0 Å². The maximum Gasteiger partial charge on any atom is 0.318 e. The number of imide groups is 1. The van der Waals surface area contributed by atoms with E-state index in [0.717, 1.165) is 5.56 Å². The normalized spacial score (nSPS) is 15.3. The summed E-state index contributed by atoms with van der Waals surface area (Å²) in [5, 5.41) is 2.01. The zero-order valence-electron chi connectivity index (χ0n) is 12.6. The topological polar surface area (TPSA) is 95.7 Å². The van der Waals surface area contributed by atoms with Crippen LogP contribution < -0.4 is 11.1 Å². The summed E-state index contributed by atoms with van der Waals surface area (Å²) < 4.78 is 12.8. The van der Waals surface area contributed by atoms with Crippen LogP contribution in [0.5, 0.6) is 0 Å². The average molecular weight is 322 g/mol. The third kappa shape index (κ3) is 5.33. The van der Waals surface area contributed by atoms with E-state index in [1.807, 2.05) is 10.2 Å². The molecule has 1 aromatic carbocycles. The van der Waals surface area contributed by atoms with Gasteiger partial charge in [0.25, 0.3) is 0 Å². The average Bonchev–Trinajstić information content (AvgIpc) is 2.49. The molecule has 0 unspecified atom stereocenters. The molecule has 0 bridgehead atoms. The Morgan fingerprint density at radius 2 is 1.70 bits per heavy atom. The van der Waals surface area contributed by atoms with Crippen LogP contribution in [-0.2, 0) is 16.0 Å². The largest absolute Gasteiger partial charge is 0.351 e. The van der Waals surface area contributed by atoms with Crippen molar-refractivity contribution in [3.8, 4) is 0 Å². The highest BCUT2D eigenvalue weighted by Crippen LogP contribution is 2.08. The Kier molecular flexibility index (Phi) is 5.64. The van der Waals surface area contributed by atoms with Gasteiger partial charge in [-0.05, 0) is 17.7 Å². The molecule has 1 aromatic rings. The summed E-state index contributed by atoms with van der Waals surface area (Å²) in [5.41, 5.74) is 5.64. The number of piperazine rings is 1. The highest BCUT2D eigenvalue weighted by atomic mass is 19.1. The predicted octanol–water partition coefficient (Wildman–Crippen LogP) is -0.293. The molecule has 7 nitrogen and oxygen atoms in total. The minimum Gasteiger partial charge on any atom is -0.351 e. The minimum absolute atomic E-state index is 0.0298. The number of nitrogens with zero attached hydrogens (tertiary/aromatic N) is 2. The Bertz CT molecular complexity index is 583. The number of hydrogen-bond acceptors (Lipinski definition) is 4. The molecule has 0 spiro atoms. The van der Waals surface area contributed by atoms with Gasteiger partial charge in [-0.2, -0.15) is 0 Å². The first-order chi connectivity index (χ1) is 10.9. The summed E-state index contributed by atoms with van der Waals surface area (Å²) in [6, 6.07) is 4.98. The Labute approximate surface area is 133 Å². The Balaban J connectivity index is 1.77. The number of urea groups is 1. The first kappa shape index (κ1) is 16.9. The van der Waals surface area contributed by atoms with Gasteiger partial charge in [0.1, 0.15) is 5.82 Å². The summed E-state index contributed by atoms with van der Waals surface area (Å²) >= 11 is 0. The van der Waals surface area contributed by atoms with E-state index in [4.69, 9.17) is 5.73 Å². The van der Waals surface area contributed by atoms with Crippen molar-refractivity contribution < 1.29 is 18.8 Å². The third-order valence-corrected chi connectivity index (χ3v) is 3.62. The van der Waals surface area contributed by atoms with Crippen molar-refractivity contribution in [2.45, 2.75) is 6.42 Å². The Morgan fingerprint density at radius 3 is 2.26 bits per heavy atom. The maximum absolute atomic E-state index is 12.8. The van der Waals surface area contributed by atoms with Crippen LogP contribution in [0, 0.1) is 5.82 Å². The van der Waals surface area contributed by atoms with Gasteiger partial charge in [-0.25, -0.2) is 9.18 Å². The molecule has 2 rings (SSSR count). The van der Waals surface area contributed by atoms with Crippen LogP contribution in [0.3, 0.4) is 0 Å². The van der Waals surface area contributed by atoms with Gasteiger partial charge >= 0.3 is 6.03 Å². The molecule has 124 valence electrons. The van der Waals surface area contributed by atoms with Crippen LogP contribution in [-0.4, -0.2) is 60.4 Å². The van der Waals surface area contributed by atoms with Crippen molar-refractivity contribution in [1.82, 2.24) is 15.1 Å². The van der Waals surface area contributed by atoms with E-state index < -0.39 is 11.9 Å². The summed E-state index contributed by atoms with van der Waals surface area (Å²) in [5.74, 6) is -0.814. The lowest BCUT2D eigenvalue weighted by Gasteiger charge is -2.34. The smallest absolute Gasteiger partial charge is 0.318 e. The van der Waals surface area contributed by atoms with Crippen LogP contribution in [0.4, 0.5) is 9.18 Å². The lowest BCUT2D eigenvalue weighted by atomic mass is 10.1. The number of carbonyl (C=O) groups excluding carboxylic acids is 3. The number of primary amides is 1. The van der Waals surface area contributed by atoms with Crippen molar-refractivity contribution in [2.75, 3.05) is 32.7 Å². The zero-order valence-corrected chi connectivity index (χ0v) is 12.6. The van der Waals surface area contributed by atoms with Crippen LogP contribution in [0.25, 0.3) is 0 Å². The number of rotatable bonds is 4. The van der Waals surface area contributed by atoms with Gasteiger partial charge < -0.3 is 10.6 Å². The van der Waals surface area contributed by atoms with Crippen molar-refractivity contribution in [2.24, 2.45) is 5.73 Å². The number of amides is 4. The van der Waals surface area contributed by atoms with Crippen molar-refractivity contribution >= 4 is 17.8 Å². The molecular formula is C15H19FN4O3. The lowest BCUT2D eigenvalue weighted by Crippen LogP contribution is -2.52. The fourth-order valence-corrected chi connectivity index (χ4v) is 2.42. The fraction of sp³-hybridized carbons (Fsp3) is 0.400. The van der Waals surface area contributed by atoms with Crippen LogP contribution >= 0.6 is 0 Å². The molecule has 3 N–H and O–H groups in total. The first-order valence-electron chi connectivity index (χ1n) is 7.28. The maximum atomic E-state index is 12.8. The van der Waals surface area contributed by atoms with Gasteiger partial charge in [-0.3, -0.25) is 19.8 Å². The number of halogens is 1. The second-order valence-corrected chi connectivity index (χ2v) is 5.37. The molecule has 0 saturated carbocycles. The van der Waals surface area contributed by atoms with Gasteiger partial charge in [-0.15, -0.1) is 0 Å². The monoisotopic (exact) mass is 322 g/mol. The van der Waals surface area contributed by atoms with Crippen LogP contribution in [0.1, 0.15) is 5.56 Å². The summed E-state index contributed by atoms with van der Waals surface area (Å²) in [6.45, 7) is 2.17. The van der Waals surface area contributed by atoms with Crippen LogP contribution in [0.2, 0.25) is 0 Å².